The molecule has 2 bridgehead atoms. The van der Waals surface area contributed by atoms with E-state index in [9.17, 15) is 10.2 Å². The second-order valence-electron chi connectivity index (χ2n) is 10.4. The van der Waals surface area contributed by atoms with Crippen LogP contribution in [0.15, 0.2) is 0 Å². The molecule has 0 amide bonds. The first kappa shape index (κ1) is 20.3. The van der Waals surface area contributed by atoms with Gasteiger partial charge in [0.2, 0.25) is 0 Å². The Morgan fingerprint density at radius 2 is 2.00 bits per heavy atom. The van der Waals surface area contributed by atoms with Gasteiger partial charge in [-0.25, -0.2) is 5.48 Å². The minimum atomic E-state index is -1.22. The zero-order valence-corrected chi connectivity index (χ0v) is 18.1. The molecule has 156 valence electrons. The van der Waals surface area contributed by atoms with E-state index in [0.29, 0.717) is 25.2 Å². The molecule has 2 saturated carbocycles. The van der Waals surface area contributed by atoms with Gasteiger partial charge in [-0.3, -0.25) is 0 Å². The van der Waals surface area contributed by atoms with Crippen molar-refractivity contribution in [3.63, 3.8) is 0 Å². The lowest BCUT2D eigenvalue weighted by Gasteiger charge is -2.48. The summed E-state index contributed by atoms with van der Waals surface area (Å²) in [6.07, 6.45) is 6.38. The first-order valence-corrected chi connectivity index (χ1v) is 14.5. The Labute approximate surface area is 163 Å². The van der Waals surface area contributed by atoms with E-state index < -0.39 is 25.8 Å². The van der Waals surface area contributed by atoms with Crippen molar-refractivity contribution in [3.8, 4) is 0 Å². The Morgan fingerprint density at radius 3 is 2.67 bits per heavy atom. The molecule has 6 atom stereocenters. The predicted molar refractivity (Wildman–Crippen MR) is 105 cm³/mol. The molecular weight excluding hydrogens is 362 g/mol. The predicted octanol–water partition coefficient (Wildman–Crippen LogP) is 2.77. The SMILES string of the molecule is C[Si](C)(C)CCONCCC[C@@]12[C@H]3CCC[C@@H]1OC(O)(C3)[C@@]21CCC(O)O1. The van der Waals surface area contributed by atoms with Gasteiger partial charge >= 0.3 is 0 Å². The highest BCUT2D eigenvalue weighted by atomic mass is 28.3. The lowest BCUT2D eigenvalue weighted by atomic mass is 9.58. The molecule has 0 aromatic heterocycles. The molecule has 1 spiro atoms. The van der Waals surface area contributed by atoms with Gasteiger partial charge < -0.3 is 24.5 Å². The summed E-state index contributed by atoms with van der Waals surface area (Å²) < 4.78 is 12.3. The molecular formula is C20H37NO5Si. The van der Waals surface area contributed by atoms with Crippen LogP contribution in [0.5, 0.6) is 0 Å². The van der Waals surface area contributed by atoms with Crippen LogP contribution in [0.4, 0.5) is 0 Å². The third-order valence-corrected chi connectivity index (χ3v) is 9.28. The quantitative estimate of drug-likeness (QED) is 0.331. The number of rotatable bonds is 8. The maximum Gasteiger partial charge on any atom is 0.196 e. The molecule has 27 heavy (non-hydrogen) atoms. The smallest absolute Gasteiger partial charge is 0.196 e. The molecule has 2 aliphatic carbocycles. The monoisotopic (exact) mass is 399 g/mol. The number of nitrogens with one attached hydrogen (secondary N) is 1. The maximum atomic E-state index is 11.3. The second-order valence-corrected chi connectivity index (χ2v) is 16.0. The summed E-state index contributed by atoms with van der Waals surface area (Å²) in [6, 6.07) is 1.16. The molecule has 4 aliphatic rings. The molecule has 0 aromatic carbocycles. The number of hydrogen-bond acceptors (Lipinski definition) is 6. The van der Waals surface area contributed by atoms with Crippen molar-refractivity contribution in [2.24, 2.45) is 11.3 Å². The topological polar surface area (TPSA) is 80.2 Å². The van der Waals surface area contributed by atoms with Crippen molar-refractivity contribution in [3.05, 3.63) is 0 Å². The maximum absolute atomic E-state index is 11.3. The van der Waals surface area contributed by atoms with Gasteiger partial charge in [-0.15, -0.1) is 0 Å². The third kappa shape index (κ3) is 3.14. The van der Waals surface area contributed by atoms with Gasteiger partial charge in [-0.1, -0.05) is 26.1 Å². The van der Waals surface area contributed by atoms with Crippen LogP contribution >= 0.6 is 0 Å². The number of hydroxylamine groups is 1. The van der Waals surface area contributed by atoms with E-state index >= 15 is 0 Å². The first-order chi connectivity index (χ1) is 12.7. The van der Waals surface area contributed by atoms with Crippen molar-refractivity contribution in [1.82, 2.24) is 5.48 Å². The summed E-state index contributed by atoms with van der Waals surface area (Å²) in [5, 5.41) is 21.5. The molecule has 3 N–H and O–H groups in total. The van der Waals surface area contributed by atoms with Crippen LogP contribution in [0.3, 0.4) is 0 Å². The zero-order chi connectivity index (χ0) is 19.3. The van der Waals surface area contributed by atoms with E-state index in [1.807, 2.05) is 0 Å². The van der Waals surface area contributed by atoms with Crippen LogP contribution in [-0.4, -0.2) is 55.2 Å². The first-order valence-electron chi connectivity index (χ1n) is 10.8. The summed E-state index contributed by atoms with van der Waals surface area (Å²) in [5.41, 5.74) is 2.23. The lowest BCUT2D eigenvalue weighted by Crippen LogP contribution is -2.55. The van der Waals surface area contributed by atoms with Crippen LogP contribution in [0.2, 0.25) is 25.7 Å². The number of ether oxygens (including phenoxy) is 2. The van der Waals surface area contributed by atoms with Crippen LogP contribution < -0.4 is 5.48 Å². The molecule has 2 heterocycles. The minimum Gasteiger partial charge on any atom is -0.368 e. The molecule has 2 saturated heterocycles. The Balaban J connectivity index is 1.39. The largest absolute Gasteiger partial charge is 0.368 e. The van der Waals surface area contributed by atoms with Crippen molar-refractivity contribution in [1.29, 1.82) is 0 Å². The van der Waals surface area contributed by atoms with Gasteiger partial charge in [0.1, 0.15) is 5.60 Å². The fourth-order valence-corrected chi connectivity index (χ4v) is 7.15. The highest BCUT2D eigenvalue weighted by Gasteiger charge is 2.82. The Hall–Kier alpha value is -0.0231. The van der Waals surface area contributed by atoms with Crippen LogP contribution in [0.1, 0.15) is 51.4 Å². The van der Waals surface area contributed by atoms with E-state index in [1.165, 1.54) is 0 Å². The molecule has 6 nitrogen and oxygen atoms in total. The molecule has 2 aliphatic heterocycles. The van der Waals surface area contributed by atoms with Gasteiger partial charge in [0.25, 0.3) is 0 Å². The summed E-state index contributed by atoms with van der Waals surface area (Å²) in [4.78, 5) is 5.63. The summed E-state index contributed by atoms with van der Waals surface area (Å²) >= 11 is 0. The van der Waals surface area contributed by atoms with Crippen molar-refractivity contribution in [2.75, 3.05) is 13.2 Å². The van der Waals surface area contributed by atoms with Gasteiger partial charge in [0.15, 0.2) is 12.1 Å². The van der Waals surface area contributed by atoms with Gasteiger partial charge in [-0.2, -0.15) is 0 Å². The molecule has 0 radical (unpaired) electrons. The van der Waals surface area contributed by atoms with E-state index in [2.05, 4.69) is 25.1 Å². The number of aliphatic hydroxyl groups excluding tert-OH is 1. The molecule has 7 heteroatoms. The van der Waals surface area contributed by atoms with E-state index in [1.54, 1.807) is 0 Å². The molecule has 2 unspecified atom stereocenters. The van der Waals surface area contributed by atoms with Crippen molar-refractivity contribution < 1.29 is 24.5 Å². The standard InChI is InChI=1S/C20H37NO5Si/c1-27(2,3)13-12-24-21-11-5-9-18-15-6-4-7-16(18)25-20(23,14-15)19(18)10-8-17(22)26-19/h15-17,21-23H,4-14H2,1-3H3/t15-,16-,17?,18+,19+,20?/m0/s1. The van der Waals surface area contributed by atoms with Gasteiger partial charge in [0.05, 0.1) is 12.7 Å². The average molecular weight is 400 g/mol. The van der Waals surface area contributed by atoms with Crippen LogP contribution in [0, 0.1) is 11.3 Å². The van der Waals surface area contributed by atoms with Gasteiger partial charge in [-0.05, 0) is 44.1 Å². The van der Waals surface area contributed by atoms with E-state index in [0.717, 1.165) is 51.3 Å². The highest BCUT2D eigenvalue weighted by Crippen LogP contribution is 2.74. The van der Waals surface area contributed by atoms with E-state index in [-0.39, 0.29) is 11.5 Å². The Kier molecular flexibility index (Phi) is 5.28. The fraction of sp³-hybridized carbons (Fsp3) is 1.00. The van der Waals surface area contributed by atoms with Crippen LogP contribution in [-0.2, 0) is 14.3 Å². The Morgan fingerprint density at radius 1 is 1.19 bits per heavy atom. The fourth-order valence-electron chi connectivity index (χ4n) is 6.44. The summed E-state index contributed by atoms with van der Waals surface area (Å²) in [5.74, 6) is -0.797. The number of aliphatic hydroxyl groups is 2. The van der Waals surface area contributed by atoms with E-state index in [4.69, 9.17) is 14.3 Å². The normalized spacial score (nSPS) is 45.9. The molecule has 4 fully saturated rings. The minimum absolute atomic E-state index is 0.0492. The lowest BCUT2D eigenvalue weighted by molar-refractivity contribution is -0.283. The highest BCUT2D eigenvalue weighted by molar-refractivity contribution is 6.76. The second kappa shape index (κ2) is 7.04. The third-order valence-electron chi connectivity index (χ3n) is 7.57. The Bertz CT molecular complexity index is 539. The average Bonchev–Trinajstić information content (AvgIpc) is 3.12. The summed E-state index contributed by atoms with van der Waals surface area (Å²) in [7, 11) is -1.06. The molecule has 4 rings (SSSR count). The van der Waals surface area contributed by atoms with Crippen molar-refractivity contribution >= 4 is 8.07 Å². The van der Waals surface area contributed by atoms with Crippen LogP contribution in [0.25, 0.3) is 0 Å². The molecule has 0 aromatic rings. The number of hydrogen-bond donors (Lipinski definition) is 3. The van der Waals surface area contributed by atoms with Crippen molar-refractivity contribution in [2.45, 2.75) is 101 Å². The van der Waals surface area contributed by atoms with Gasteiger partial charge in [0, 0.05) is 32.9 Å². The zero-order valence-electron chi connectivity index (χ0n) is 17.1. The summed E-state index contributed by atoms with van der Waals surface area (Å²) in [6.45, 7) is 8.62.